The van der Waals surface area contributed by atoms with E-state index >= 15 is 0 Å². The minimum absolute atomic E-state index is 0. The number of thiol groups is 1. The van der Waals surface area contributed by atoms with Gasteiger partial charge in [0.2, 0.25) is 0 Å². The van der Waals surface area contributed by atoms with E-state index < -0.39 is 4.92 Å². The largest absolute Gasteiger partial charge is 0.282 e. The van der Waals surface area contributed by atoms with Crippen molar-refractivity contribution in [2.24, 2.45) is 0 Å². The molecule has 0 spiro atoms. The molecule has 4 radical (unpaired) electrons. The monoisotopic (exact) mass is 217 g/mol. The predicted octanol–water partition coefficient (Wildman–Crippen LogP) is 1.50. The summed E-state index contributed by atoms with van der Waals surface area (Å²) in [6.45, 7) is 0. The maximum Gasteiger partial charge on any atom is 0.282 e. The van der Waals surface area contributed by atoms with Crippen LogP contribution in [0.2, 0.25) is 0 Å². The third-order valence-electron chi connectivity index (χ3n) is 1.08. The van der Waals surface area contributed by atoms with E-state index in [0.717, 1.165) is 0 Å². The van der Waals surface area contributed by atoms with Crippen LogP contribution in [0.3, 0.4) is 0 Å². The summed E-state index contributed by atoms with van der Waals surface area (Å²) in [6.07, 6.45) is 0. The Morgan fingerprint density at radius 3 is 2.17 bits per heavy atom. The molecule has 3 nitrogen and oxygen atoms in total. The van der Waals surface area contributed by atoms with E-state index in [1.165, 1.54) is 6.07 Å². The van der Waals surface area contributed by atoms with Crippen molar-refractivity contribution in [3.8, 4) is 0 Å². The summed E-state index contributed by atoms with van der Waals surface area (Å²) in [5.41, 5.74) is 0.0471. The molecule has 0 fully saturated rings. The van der Waals surface area contributed by atoms with Crippen molar-refractivity contribution in [1.82, 2.24) is 0 Å². The van der Waals surface area contributed by atoms with Gasteiger partial charge in [-0.15, -0.1) is 12.6 Å². The summed E-state index contributed by atoms with van der Waals surface area (Å²) in [5.74, 6) is 0. The van der Waals surface area contributed by atoms with Gasteiger partial charge in [0.1, 0.15) is 0 Å². The first kappa shape index (κ1) is 14.2. The molecule has 0 atom stereocenters. The van der Waals surface area contributed by atoms with E-state index in [9.17, 15) is 10.1 Å². The molecule has 0 amide bonds. The molecule has 1 aromatic rings. The van der Waals surface area contributed by atoms with Gasteiger partial charge in [-0.3, -0.25) is 10.1 Å². The molecular weight excluding hydrogens is 212 g/mol. The van der Waals surface area contributed by atoms with Gasteiger partial charge >= 0.3 is 0 Å². The van der Waals surface area contributed by atoms with E-state index in [0.29, 0.717) is 4.90 Å². The van der Waals surface area contributed by atoms with Crippen LogP contribution in [-0.2, 0) is 18.6 Å². The van der Waals surface area contributed by atoms with Crippen LogP contribution in [0.15, 0.2) is 29.2 Å². The smallest absolute Gasteiger partial charge is 0.258 e. The van der Waals surface area contributed by atoms with Crippen LogP contribution in [0.5, 0.6) is 0 Å². The Morgan fingerprint density at radius 2 is 1.83 bits per heavy atom. The van der Waals surface area contributed by atoms with Crippen molar-refractivity contribution in [3.63, 3.8) is 0 Å². The molecule has 1 rings (SSSR count). The minimum atomic E-state index is -0.456. The second-order valence-electron chi connectivity index (χ2n) is 1.75. The van der Waals surface area contributed by atoms with Crippen molar-refractivity contribution in [3.05, 3.63) is 34.4 Å². The van der Waals surface area contributed by atoms with Crippen LogP contribution in [0, 0.1) is 10.1 Å². The second kappa shape index (κ2) is 6.17. The molecule has 1 aromatic carbocycles. The average Bonchev–Trinajstić information content (AvgIpc) is 1.88. The molecule has 0 heterocycles. The van der Waals surface area contributed by atoms with E-state index in [4.69, 9.17) is 0 Å². The van der Waals surface area contributed by atoms with Gasteiger partial charge in [0.25, 0.3) is 5.69 Å². The first-order valence-electron chi connectivity index (χ1n) is 2.64. The third kappa shape index (κ3) is 3.34. The molecule has 60 valence electrons. The van der Waals surface area contributed by atoms with Crippen molar-refractivity contribution in [1.29, 1.82) is 0 Å². The van der Waals surface area contributed by atoms with Gasteiger partial charge in [-0.2, -0.15) is 0 Å². The molecule has 0 saturated heterocycles. The first-order valence-corrected chi connectivity index (χ1v) is 3.09. The standard InChI is InChI=1S/C6H5NO2S.B.V/c8-7(9)5-3-1-2-4-6(5)10;;/h1-4,10H;;. The Bertz CT molecular complexity index is 271. The Hall–Kier alpha value is -0.381. The van der Waals surface area contributed by atoms with Crippen LogP contribution in [0.4, 0.5) is 5.69 Å². The molecule has 0 saturated carbocycles. The number of hydrogen-bond acceptors (Lipinski definition) is 3. The molecule has 12 heavy (non-hydrogen) atoms. The number of nitro benzene ring substituents is 1. The number of para-hydroxylation sites is 1. The van der Waals surface area contributed by atoms with Gasteiger partial charge in [0.05, 0.1) is 9.82 Å². The number of benzene rings is 1. The zero-order valence-corrected chi connectivity index (χ0v) is 8.34. The molecular formula is C6H5BNO2SV. The predicted molar refractivity (Wildman–Crippen MR) is 46.1 cm³/mol. The van der Waals surface area contributed by atoms with Gasteiger partial charge in [-0.1, -0.05) is 12.1 Å². The fourth-order valence-electron chi connectivity index (χ4n) is 0.619. The van der Waals surface area contributed by atoms with Crippen LogP contribution in [-0.4, -0.2) is 13.3 Å². The maximum atomic E-state index is 10.2. The number of nitro groups is 1. The van der Waals surface area contributed by atoms with Crippen LogP contribution in [0.1, 0.15) is 0 Å². The summed E-state index contributed by atoms with van der Waals surface area (Å²) < 4.78 is 0. The number of rotatable bonds is 1. The molecule has 0 bridgehead atoms. The summed E-state index contributed by atoms with van der Waals surface area (Å²) in [5, 5.41) is 10.2. The van der Waals surface area contributed by atoms with Crippen molar-refractivity contribution in [2.75, 3.05) is 0 Å². The van der Waals surface area contributed by atoms with Gasteiger partial charge in [0.15, 0.2) is 0 Å². The maximum absolute atomic E-state index is 10.2. The first-order chi connectivity index (χ1) is 4.72. The van der Waals surface area contributed by atoms with E-state index in [-0.39, 0.29) is 32.7 Å². The topological polar surface area (TPSA) is 43.1 Å². The van der Waals surface area contributed by atoms with Gasteiger partial charge in [0, 0.05) is 33.0 Å². The third-order valence-corrected chi connectivity index (χ3v) is 1.46. The summed E-state index contributed by atoms with van der Waals surface area (Å²) in [6, 6.07) is 6.32. The summed E-state index contributed by atoms with van der Waals surface area (Å²) in [7, 11) is 0. The fourth-order valence-corrected chi connectivity index (χ4v) is 0.861. The zero-order chi connectivity index (χ0) is 7.56. The van der Waals surface area contributed by atoms with Crippen molar-refractivity contribution >= 4 is 26.7 Å². The molecule has 0 N–H and O–H groups in total. The second-order valence-corrected chi connectivity index (χ2v) is 2.23. The summed E-state index contributed by atoms with van der Waals surface area (Å²) in [4.78, 5) is 10.1. The molecule has 0 unspecified atom stereocenters. The van der Waals surface area contributed by atoms with Gasteiger partial charge < -0.3 is 0 Å². The van der Waals surface area contributed by atoms with Crippen LogP contribution < -0.4 is 0 Å². The molecule has 0 aliphatic heterocycles. The SMILES string of the molecule is O=[N+]([O-])c1ccccc1S.[B].[V]. The van der Waals surface area contributed by atoms with Crippen molar-refractivity contribution < 1.29 is 23.5 Å². The Labute approximate surface area is 89.6 Å². The zero-order valence-electron chi connectivity index (χ0n) is 6.04. The van der Waals surface area contributed by atoms with E-state index in [1.54, 1.807) is 18.2 Å². The minimum Gasteiger partial charge on any atom is -0.258 e. The van der Waals surface area contributed by atoms with Crippen LogP contribution >= 0.6 is 12.6 Å². The fraction of sp³-hybridized carbons (Fsp3) is 0. The van der Waals surface area contributed by atoms with E-state index in [1.807, 2.05) is 0 Å². The van der Waals surface area contributed by atoms with Crippen molar-refractivity contribution in [2.45, 2.75) is 4.90 Å². The molecule has 0 aliphatic rings. The van der Waals surface area contributed by atoms with Gasteiger partial charge in [-0.05, 0) is 6.07 Å². The molecule has 6 heteroatoms. The van der Waals surface area contributed by atoms with E-state index in [2.05, 4.69) is 12.6 Å². The number of nitrogens with zero attached hydrogens (tertiary/aromatic N) is 1. The normalized spacial score (nSPS) is 7.75. The van der Waals surface area contributed by atoms with Crippen LogP contribution in [0.25, 0.3) is 0 Å². The Balaban J connectivity index is 0. The Kier molecular flexibility index (Phi) is 7.28. The number of hydrogen-bond donors (Lipinski definition) is 1. The quantitative estimate of drug-likeness (QED) is 0.335. The molecule has 0 aromatic heterocycles. The summed E-state index contributed by atoms with van der Waals surface area (Å²) >= 11 is 3.90. The average molecular weight is 217 g/mol. The Morgan fingerprint density at radius 1 is 1.33 bits per heavy atom. The molecule has 0 aliphatic carbocycles. The van der Waals surface area contributed by atoms with Gasteiger partial charge in [-0.25, -0.2) is 0 Å².